The summed E-state index contributed by atoms with van der Waals surface area (Å²) in [4.78, 5) is 9.20. The molecule has 0 aliphatic rings. The zero-order valence-corrected chi connectivity index (χ0v) is 21.5. The van der Waals surface area contributed by atoms with Crippen molar-refractivity contribution in [1.82, 2.24) is 9.97 Å². The SMILES string of the molecule is CCCCCCCCCCCCc1cnc(-c2ccc(OCCCCCCCC)cc2)nc1. The number of aryl methyl sites for hydroxylation is 1. The number of rotatable bonds is 20. The third kappa shape index (κ3) is 12.8. The molecule has 1 aromatic carbocycles. The minimum absolute atomic E-state index is 0.796. The van der Waals surface area contributed by atoms with Gasteiger partial charge in [0.2, 0.25) is 0 Å². The maximum atomic E-state index is 5.88. The molecule has 0 N–H and O–H groups in total. The Balaban J connectivity index is 1.58. The van der Waals surface area contributed by atoms with E-state index in [0.717, 1.165) is 36.6 Å². The molecule has 2 rings (SSSR count). The number of hydrogen-bond acceptors (Lipinski definition) is 3. The fourth-order valence-electron chi connectivity index (χ4n) is 4.22. The van der Waals surface area contributed by atoms with Crippen LogP contribution in [0.2, 0.25) is 0 Å². The summed E-state index contributed by atoms with van der Waals surface area (Å²) >= 11 is 0. The van der Waals surface area contributed by atoms with E-state index in [-0.39, 0.29) is 0 Å². The molecule has 0 bridgehead atoms. The Morgan fingerprint density at radius 3 is 1.61 bits per heavy atom. The third-order valence-corrected chi connectivity index (χ3v) is 6.40. The van der Waals surface area contributed by atoms with Crippen LogP contribution >= 0.6 is 0 Å². The molecule has 1 aromatic heterocycles. The number of aromatic nitrogens is 2. The average Bonchev–Trinajstić information content (AvgIpc) is 2.85. The Labute approximate surface area is 203 Å². The van der Waals surface area contributed by atoms with Crippen LogP contribution in [0, 0.1) is 0 Å². The Morgan fingerprint density at radius 1 is 0.576 bits per heavy atom. The minimum Gasteiger partial charge on any atom is -0.494 e. The standard InChI is InChI=1S/C30H48N2O/c1-3-5-7-9-11-12-13-14-15-17-19-27-25-31-30(32-26-27)28-20-22-29(23-21-28)33-24-18-16-10-8-6-4-2/h20-23,25-26H,3-19,24H2,1-2H3. The monoisotopic (exact) mass is 452 g/mol. The van der Waals surface area contributed by atoms with Gasteiger partial charge in [0.15, 0.2) is 5.82 Å². The van der Waals surface area contributed by atoms with Gasteiger partial charge in [0.05, 0.1) is 6.61 Å². The maximum Gasteiger partial charge on any atom is 0.159 e. The van der Waals surface area contributed by atoms with E-state index in [2.05, 4.69) is 35.9 Å². The zero-order valence-electron chi connectivity index (χ0n) is 21.5. The van der Waals surface area contributed by atoms with E-state index in [1.54, 1.807) is 0 Å². The summed E-state index contributed by atoms with van der Waals surface area (Å²) in [5.74, 6) is 1.73. The van der Waals surface area contributed by atoms with E-state index in [1.807, 2.05) is 24.5 Å². The minimum atomic E-state index is 0.796. The first-order chi connectivity index (χ1) is 16.3. The first kappa shape index (κ1) is 27.3. The van der Waals surface area contributed by atoms with Crippen LogP contribution in [0.5, 0.6) is 5.75 Å². The van der Waals surface area contributed by atoms with Gasteiger partial charge in [0.1, 0.15) is 5.75 Å². The van der Waals surface area contributed by atoms with Crippen molar-refractivity contribution in [3.8, 4) is 17.1 Å². The highest BCUT2D eigenvalue weighted by Gasteiger charge is 2.03. The summed E-state index contributed by atoms with van der Waals surface area (Å²) in [7, 11) is 0. The zero-order chi connectivity index (χ0) is 23.4. The van der Waals surface area contributed by atoms with Gasteiger partial charge in [-0.25, -0.2) is 9.97 Å². The van der Waals surface area contributed by atoms with Crippen LogP contribution in [-0.4, -0.2) is 16.6 Å². The van der Waals surface area contributed by atoms with Crippen LogP contribution in [0.15, 0.2) is 36.7 Å². The first-order valence-corrected chi connectivity index (χ1v) is 13.9. The highest BCUT2D eigenvalue weighted by Crippen LogP contribution is 2.20. The molecule has 0 fully saturated rings. The van der Waals surface area contributed by atoms with Crippen LogP contribution in [0.3, 0.4) is 0 Å². The maximum absolute atomic E-state index is 5.88. The van der Waals surface area contributed by atoms with Crippen molar-refractivity contribution in [2.45, 2.75) is 123 Å². The Kier molecular flexibility index (Phi) is 15.3. The van der Waals surface area contributed by atoms with Gasteiger partial charge in [0, 0.05) is 18.0 Å². The summed E-state index contributed by atoms with van der Waals surface area (Å²) in [6, 6.07) is 8.20. The Bertz CT molecular complexity index is 696. The van der Waals surface area contributed by atoms with Gasteiger partial charge in [-0.2, -0.15) is 0 Å². The molecule has 0 spiro atoms. The van der Waals surface area contributed by atoms with E-state index in [4.69, 9.17) is 4.74 Å². The van der Waals surface area contributed by atoms with Gasteiger partial charge < -0.3 is 4.74 Å². The van der Waals surface area contributed by atoms with Gasteiger partial charge in [0.25, 0.3) is 0 Å². The highest BCUT2D eigenvalue weighted by molar-refractivity contribution is 5.55. The van der Waals surface area contributed by atoms with Crippen molar-refractivity contribution >= 4 is 0 Å². The molecule has 0 aliphatic heterocycles. The summed E-state index contributed by atoms with van der Waals surface area (Å²) in [6.45, 7) is 5.34. The number of ether oxygens (including phenoxy) is 1. The average molecular weight is 453 g/mol. The van der Waals surface area contributed by atoms with Gasteiger partial charge >= 0.3 is 0 Å². The van der Waals surface area contributed by atoms with Crippen molar-refractivity contribution < 1.29 is 4.74 Å². The van der Waals surface area contributed by atoms with Crippen molar-refractivity contribution in [1.29, 1.82) is 0 Å². The molecule has 2 aromatic rings. The lowest BCUT2D eigenvalue weighted by Gasteiger charge is -2.07. The van der Waals surface area contributed by atoms with Gasteiger partial charge in [-0.3, -0.25) is 0 Å². The number of benzene rings is 1. The quantitative estimate of drug-likeness (QED) is 0.188. The van der Waals surface area contributed by atoms with E-state index >= 15 is 0 Å². The van der Waals surface area contributed by atoms with Crippen molar-refractivity contribution in [3.05, 3.63) is 42.2 Å². The molecule has 0 unspecified atom stereocenters. The molecular weight excluding hydrogens is 404 g/mol. The number of nitrogens with zero attached hydrogens (tertiary/aromatic N) is 2. The predicted molar refractivity (Wildman–Crippen MR) is 142 cm³/mol. The highest BCUT2D eigenvalue weighted by atomic mass is 16.5. The molecule has 0 saturated carbocycles. The van der Waals surface area contributed by atoms with Crippen LogP contribution in [-0.2, 0) is 6.42 Å². The lowest BCUT2D eigenvalue weighted by atomic mass is 10.0. The largest absolute Gasteiger partial charge is 0.494 e. The normalized spacial score (nSPS) is 11.1. The second kappa shape index (κ2) is 18.5. The van der Waals surface area contributed by atoms with E-state index in [1.165, 1.54) is 102 Å². The lowest BCUT2D eigenvalue weighted by Crippen LogP contribution is -1.97. The van der Waals surface area contributed by atoms with Crippen molar-refractivity contribution in [2.24, 2.45) is 0 Å². The molecule has 0 aliphatic carbocycles. The fourth-order valence-corrected chi connectivity index (χ4v) is 4.22. The topological polar surface area (TPSA) is 35.0 Å². The molecule has 184 valence electrons. The molecule has 0 atom stereocenters. The summed E-state index contributed by atoms with van der Waals surface area (Å²) in [5, 5.41) is 0. The third-order valence-electron chi connectivity index (χ3n) is 6.40. The predicted octanol–water partition coefficient (Wildman–Crippen LogP) is 9.35. The van der Waals surface area contributed by atoms with Crippen LogP contribution in [0.1, 0.15) is 122 Å². The Hall–Kier alpha value is -1.90. The summed E-state index contributed by atoms with van der Waals surface area (Å²) in [5.41, 5.74) is 2.30. The Morgan fingerprint density at radius 2 is 1.06 bits per heavy atom. The second-order valence-corrected chi connectivity index (χ2v) is 9.49. The van der Waals surface area contributed by atoms with Crippen molar-refractivity contribution in [3.63, 3.8) is 0 Å². The van der Waals surface area contributed by atoms with Gasteiger partial charge in [-0.1, -0.05) is 104 Å². The number of unbranched alkanes of at least 4 members (excludes halogenated alkanes) is 14. The van der Waals surface area contributed by atoms with Gasteiger partial charge in [-0.15, -0.1) is 0 Å². The fraction of sp³-hybridized carbons (Fsp3) is 0.667. The second-order valence-electron chi connectivity index (χ2n) is 9.49. The number of hydrogen-bond donors (Lipinski definition) is 0. The molecule has 1 heterocycles. The van der Waals surface area contributed by atoms with E-state index in [0.29, 0.717) is 0 Å². The molecule has 0 saturated heterocycles. The van der Waals surface area contributed by atoms with Crippen LogP contribution < -0.4 is 4.74 Å². The summed E-state index contributed by atoms with van der Waals surface area (Å²) in [6.07, 6.45) is 26.5. The van der Waals surface area contributed by atoms with Crippen LogP contribution in [0.25, 0.3) is 11.4 Å². The first-order valence-electron chi connectivity index (χ1n) is 13.9. The van der Waals surface area contributed by atoms with E-state index in [9.17, 15) is 0 Å². The molecule has 0 amide bonds. The molecule has 3 nitrogen and oxygen atoms in total. The summed E-state index contributed by atoms with van der Waals surface area (Å²) < 4.78 is 5.88. The van der Waals surface area contributed by atoms with E-state index < -0.39 is 0 Å². The smallest absolute Gasteiger partial charge is 0.159 e. The molecule has 3 heteroatoms. The van der Waals surface area contributed by atoms with Gasteiger partial charge in [-0.05, 0) is 49.1 Å². The molecule has 0 radical (unpaired) electrons. The molecule has 33 heavy (non-hydrogen) atoms. The lowest BCUT2D eigenvalue weighted by molar-refractivity contribution is 0.304. The van der Waals surface area contributed by atoms with Crippen molar-refractivity contribution in [2.75, 3.05) is 6.61 Å². The molecular formula is C30H48N2O. The van der Waals surface area contributed by atoms with Crippen LogP contribution in [0.4, 0.5) is 0 Å².